The van der Waals surface area contributed by atoms with Gasteiger partial charge >= 0.3 is 5.97 Å². The Bertz CT molecular complexity index is 1350. The fourth-order valence-corrected chi connectivity index (χ4v) is 3.02. The van der Waals surface area contributed by atoms with Crippen LogP contribution in [0, 0.1) is 13.8 Å². The minimum absolute atomic E-state index is 0.0489. The second-order valence-electron chi connectivity index (χ2n) is 7.77. The number of aryl methyl sites for hydroxylation is 1. The molecule has 7 N–H and O–H groups in total. The van der Waals surface area contributed by atoms with Crippen molar-refractivity contribution in [1.82, 2.24) is 0 Å². The summed E-state index contributed by atoms with van der Waals surface area (Å²) in [6, 6.07) is 5.57. The molecular formula is C29H36O11. The van der Waals surface area contributed by atoms with Gasteiger partial charge in [0.1, 0.15) is 0 Å². The summed E-state index contributed by atoms with van der Waals surface area (Å²) in [5.41, 5.74) is 0.690. The van der Waals surface area contributed by atoms with Crippen molar-refractivity contribution >= 4 is 17.5 Å². The maximum absolute atomic E-state index is 12.1. The zero-order valence-corrected chi connectivity index (χ0v) is 23.7. The van der Waals surface area contributed by atoms with Crippen LogP contribution in [0.3, 0.4) is 0 Å². The highest BCUT2D eigenvalue weighted by molar-refractivity contribution is 5.97. The summed E-state index contributed by atoms with van der Waals surface area (Å²) >= 11 is 0. The summed E-state index contributed by atoms with van der Waals surface area (Å²) in [4.78, 5) is 34.4. The van der Waals surface area contributed by atoms with E-state index in [2.05, 4.69) is 0 Å². The molecule has 218 valence electrons. The summed E-state index contributed by atoms with van der Waals surface area (Å²) in [6.45, 7) is 13.5. The van der Waals surface area contributed by atoms with Gasteiger partial charge < -0.3 is 40.5 Å². The number of ketones is 2. The first-order valence-electron chi connectivity index (χ1n) is 12.2. The molecule has 11 nitrogen and oxygen atoms in total. The number of benzene rings is 3. The van der Waals surface area contributed by atoms with E-state index >= 15 is 0 Å². The highest BCUT2D eigenvalue weighted by Crippen LogP contribution is 2.39. The van der Waals surface area contributed by atoms with Gasteiger partial charge in [0.05, 0.1) is 5.56 Å². The van der Waals surface area contributed by atoms with Crippen LogP contribution in [0.25, 0.3) is 0 Å². The van der Waals surface area contributed by atoms with E-state index in [4.69, 9.17) is 14.9 Å². The predicted octanol–water partition coefficient (Wildman–Crippen LogP) is 5.61. The minimum atomic E-state index is -0.946. The molecule has 0 amide bonds. The van der Waals surface area contributed by atoms with Gasteiger partial charge in [-0.3, -0.25) is 9.59 Å². The first kappa shape index (κ1) is 35.1. The number of aromatic hydroxyl groups is 7. The van der Waals surface area contributed by atoms with Crippen LogP contribution in [0.15, 0.2) is 30.3 Å². The summed E-state index contributed by atoms with van der Waals surface area (Å²) in [5, 5.41) is 65.7. The van der Waals surface area contributed by atoms with Crippen molar-refractivity contribution in [1.29, 1.82) is 0 Å². The molecule has 40 heavy (non-hydrogen) atoms. The fourth-order valence-electron chi connectivity index (χ4n) is 3.02. The number of Topliss-reactive ketones (excluding diaryl/α,β-unsaturated/α-hetero) is 2. The van der Waals surface area contributed by atoms with Gasteiger partial charge in [-0.25, -0.2) is 4.79 Å². The number of hydrogen-bond donors (Lipinski definition) is 7. The predicted molar refractivity (Wildman–Crippen MR) is 148 cm³/mol. The van der Waals surface area contributed by atoms with E-state index in [0.29, 0.717) is 0 Å². The van der Waals surface area contributed by atoms with Crippen molar-refractivity contribution in [3.8, 4) is 46.0 Å². The smallest absolute Gasteiger partial charge is 0.343 e. The highest BCUT2D eigenvalue weighted by atomic mass is 16.5. The molecule has 0 aliphatic heterocycles. The molecule has 0 atom stereocenters. The number of carbonyl (C=O) groups excluding carboxylic acids is 3. The molecule has 0 radical (unpaired) electrons. The van der Waals surface area contributed by atoms with Crippen LogP contribution in [-0.4, -0.2) is 53.3 Å². The molecular weight excluding hydrogens is 524 g/mol. The van der Waals surface area contributed by atoms with Crippen molar-refractivity contribution in [3.63, 3.8) is 0 Å². The Morgan fingerprint density at radius 3 is 1.52 bits per heavy atom. The van der Waals surface area contributed by atoms with E-state index < -0.39 is 52.0 Å². The molecule has 0 aromatic heterocycles. The van der Waals surface area contributed by atoms with E-state index in [9.17, 15) is 39.9 Å². The van der Waals surface area contributed by atoms with Gasteiger partial charge in [-0.1, -0.05) is 27.7 Å². The van der Waals surface area contributed by atoms with Crippen LogP contribution in [0.4, 0.5) is 0 Å². The van der Waals surface area contributed by atoms with Gasteiger partial charge in [0.2, 0.25) is 11.5 Å². The normalized spacial score (nSPS) is 9.50. The Morgan fingerprint density at radius 2 is 1.05 bits per heavy atom. The van der Waals surface area contributed by atoms with Crippen LogP contribution in [0.5, 0.6) is 46.0 Å². The van der Waals surface area contributed by atoms with Crippen LogP contribution in [0.2, 0.25) is 0 Å². The van der Waals surface area contributed by atoms with E-state index in [1.807, 2.05) is 27.7 Å². The maximum atomic E-state index is 12.1. The lowest BCUT2D eigenvalue weighted by Gasteiger charge is -2.10. The number of rotatable bonds is 4. The Morgan fingerprint density at radius 1 is 0.575 bits per heavy atom. The van der Waals surface area contributed by atoms with Crippen molar-refractivity contribution in [2.75, 3.05) is 0 Å². The van der Waals surface area contributed by atoms with Gasteiger partial charge in [-0.15, -0.1) is 0 Å². The van der Waals surface area contributed by atoms with Crippen LogP contribution in [0.1, 0.15) is 83.7 Å². The average Bonchev–Trinajstić information content (AvgIpc) is 2.92. The molecule has 3 aromatic carbocycles. The summed E-state index contributed by atoms with van der Waals surface area (Å²) < 4.78 is 4.96. The lowest BCUT2D eigenvalue weighted by atomic mass is 10.0. The first-order chi connectivity index (χ1) is 18.6. The van der Waals surface area contributed by atoms with Crippen molar-refractivity contribution < 1.29 is 54.9 Å². The van der Waals surface area contributed by atoms with Crippen LogP contribution >= 0.6 is 0 Å². The third-order valence-electron chi connectivity index (χ3n) is 5.07. The Balaban J connectivity index is 0.000000759. The third kappa shape index (κ3) is 8.55. The van der Waals surface area contributed by atoms with Gasteiger partial charge in [-0.2, -0.15) is 0 Å². The van der Waals surface area contributed by atoms with Crippen LogP contribution in [-0.2, 0) is 0 Å². The summed E-state index contributed by atoms with van der Waals surface area (Å²) in [7, 11) is 0. The Labute approximate surface area is 232 Å². The second-order valence-corrected chi connectivity index (χ2v) is 7.77. The molecule has 0 aliphatic carbocycles. The Hall–Kier alpha value is -4.93. The third-order valence-corrected chi connectivity index (χ3v) is 5.07. The van der Waals surface area contributed by atoms with E-state index in [1.54, 1.807) is 0 Å². The van der Waals surface area contributed by atoms with E-state index in [1.165, 1.54) is 33.8 Å². The average molecular weight is 561 g/mol. The zero-order valence-electron chi connectivity index (χ0n) is 23.7. The molecule has 11 heteroatoms. The van der Waals surface area contributed by atoms with Gasteiger partial charge in [0, 0.05) is 16.7 Å². The topological polar surface area (TPSA) is 202 Å². The molecule has 0 aliphatic rings. The summed E-state index contributed by atoms with van der Waals surface area (Å²) in [6.07, 6.45) is 0. The minimum Gasteiger partial charge on any atom is -0.504 e. The van der Waals surface area contributed by atoms with Gasteiger partial charge in [0.25, 0.3) is 0 Å². The molecule has 0 saturated heterocycles. The SMILES string of the molecule is CC.CC.CC(=O)c1cc(O)c(O)c(O)c1C.CC(=O)c1cc(O)c(O)c(OC(=O)c2cc(C)c(O)c(O)c2)c1. The van der Waals surface area contributed by atoms with Crippen molar-refractivity contribution in [3.05, 3.63) is 58.1 Å². The number of hydrogen-bond acceptors (Lipinski definition) is 11. The quantitative estimate of drug-likeness (QED) is 0.0905. The Kier molecular flexibility index (Phi) is 13.6. The van der Waals surface area contributed by atoms with E-state index in [0.717, 1.165) is 24.3 Å². The molecule has 3 aromatic rings. The molecule has 3 rings (SSSR count). The second kappa shape index (κ2) is 15.5. The monoisotopic (exact) mass is 560 g/mol. The van der Waals surface area contributed by atoms with Gasteiger partial charge in [-0.05, 0) is 63.6 Å². The highest BCUT2D eigenvalue weighted by Gasteiger charge is 2.19. The largest absolute Gasteiger partial charge is 0.504 e. The lowest BCUT2D eigenvalue weighted by molar-refractivity contribution is 0.0727. The maximum Gasteiger partial charge on any atom is 0.343 e. The van der Waals surface area contributed by atoms with Crippen LogP contribution < -0.4 is 4.74 Å². The number of phenolic OH excluding ortho intramolecular Hbond substituents is 7. The molecule has 0 bridgehead atoms. The number of carbonyl (C=O) groups is 3. The molecule has 0 unspecified atom stereocenters. The molecule has 0 spiro atoms. The summed E-state index contributed by atoms with van der Waals surface area (Å²) in [5.74, 6) is -5.71. The van der Waals surface area contributed by atoms with Gasteiger partial charge in [0.15, 0.2) is 46.1 Å². The zero-order chi connectivity index (χ0) is 31.5. The fraction of sp³-hybridized carbons (Fsp3) is 0.276. The molecule has 0 fully saturated rings. The molecule has 0 saturated carbocycles. The first-order valence-corrected chi connectivity index (χ1v) is 12.2. The van der Waals surface area contributed by atoms with Crippen molar-refractivity contribution in [2.45, 2.75) is 55.4 Å². The number of phenols is 7. The standard InChI is InChI=1S/C16H14O7.C9H10O4.2C2H6/c1-7-3-10(5-11(18)14(7)20)16(22)23-13-6-9(8(2)17)4-12(19)15(13)21;1-4-6(5(2)10)3-7(11)9(13)8(4)12;2*1-2/h3-6,18-21H,1-2H3;3,11-13H,1-2H3;2*1-2H3. The lowest BCUT2D eigenvalue weighted by Crippen LogP contribution is -2.09. The molecule has 0 heterocycles. The number of esters is 1. The van der Waals surface area contributed by atoms with Crippen molar-refractivity contribution in [2.24, 2.45) is 0 Å². The number of ether oxygens (including phenoxy) is 1. The van der Waals surface area contributed by atoms with E-state index in [-0.39, 0.29) is 39.4 Å².